The van der Waals surface area contributed by atoms with Crippen molar-refractivity contribution >= 4 is 23.2 Å². The second-order valence-electron chi connectivity index (χ2n) is 4.94. The summed E-state index contributed by atoms with van der Waals surface area (Å²) < 4.78 is 10.6. The van der Waals surface area contributed by atoms with Gasteiger partial charge in [0.05, 0.1) is 29.4 Å². The third-order valence-corrected chi connectivity index (χ3v) is 4.24. The molecular formula is C14H19Cl2NO3. The lowest BCUT2D eigenvalue weighted by molar-refractivity contribution is -0.133. The van der Waals surface area contributed by atoms with E-state index in [0.717, 1.165) is 5.56 Å². The van der Waals surface area contributed by atoms with Crippen molar-refractivity contribution in [3.63, 3.8) is 0 Å². The van der Waals surface area contributed by atoms with Crippen LogP contribution in [0, 0.1) is 5.92 Å². The van der Waals surface area contributed by atoms with E-state index in [9.17, 15) is 5.11 Å². The van der Waals surface area contributed by atoms with Crippen molar-refractivity contribution in [1.29, 1.82) is 0 Å². The summed E-state index contributed by atoms with van der Waals surface area (Å²) in [5, 5.41) is 14.5. The predicted octanol–water partition coefficient (Wildman–Crippen LogP) is 2.11. The van der Waals surface area contributed by atoms with Crippen molar-refractivity contribution in [2.45, 2.75) is 18.8 Å². The van der Waals surface area contributed by atoms with Gasteiger partial charge in [-0.2, -0.15) is 0 Å². The summed E-state index contributed by atoms with van der Waals surface area (Å²) in [6, 6.07) is 5.54. The highest BCUT2D eigenvalue weighted by Gasteiger charge is 2.32. The summed E-state index contributed by atoms with van der Waals surface area (Å²) in [4.78, 5) is 0. The lowest BCUT2D eigenvalue weighted by Gasteiger charge is -2.33. The molecule has 1 fully saturated rings. The molecule has 2 N–H and O–H groups in total. The second-order valence-corrected chi connectivity index (χ2v) is 5.76. The van der Waals surface area contributed by atoms with Crippen LogP contribution in [0.1, 0.15) is 5.56 Å². The first-order valence-corrected chi connectivity index (χ1v) is 7.30. The largest absolute Gasteiger partial charge is 0.390 e. The lowest BCUT2D eigenvalue weighted by Crippen LogP contribution is -2.48. The molecule has 0 spiro atoms. The van der Waals surface area contributed by atoms with E-state index in [1.807, 2.05) is 12.1 Å². The fourth-order valence-corrected chi connectivity index (χ4v) is 2.60. The smallest absolute Gasteiger partial charge is 0.107 e. The molecule has 1 aromatic rings. The van der Waals surface area contributed by atoms with Crippen LogP contribution in [0.4, 0.5) is 0 Å². The highest BCUT2D eigenvalue weighted by molar-refractivity contribution is 6.42. The monoisotopic (exact) mass is 319 g/mol. The van der Waals surface area contributed by atoms with Gasteiger partial charge >= 0.3 is 0 Å². The number of benzene rings is 1. The minimum absolute atomic E-state index is 0.0245. The second kappa shape index (κ2) is 7.59. The van der Waals surface area contributed by atoms with Crippen LogP contribution < -0.4 is 5.32 Å². The van der Waals surface area contributed by atoms with Crippen LogP contribution in [0.5, 0.6) is 0 Å². The zero-order chi connectivity index (χ0) is 14.5. The van der Waals surface area contributed by atoms with Crippen LogP contribution in [0.2, 0.25) is 10.0 Å². The summed E-state index contributed by atoms with van der Waals surface area (Å²) >= 11 is 11.8. The Labute approximate surface area is 129 Å². The number of rotatable bonds is 5. The van der Waals surface area contributed by atoms with Crippen LogP contribution in [0.15, 0.2) is 18.2 Å². The van der Waals surface area contributed by atoms with Gasteiger partial charge < -0.3 is 19.9 Å². The van der Waals surface area contributed by atoms with Gasteiger partial charge in [-0.05, 0) is 17.7 Å². The maximum atomic E-state index is 10.1. The third kappa shape index (κ3) is 4.07. The summed E-state index contributed by atoms with van der Waals surface area (Å²) in [6.45, 7) is 2.30. The highest BCUT2D eigenvalue weighted by atomic mass is 35.5. The molecule has 0 amide bonds. The number of aliphatic hydroxyl groups excluding tert-OH is 1. The molecule has 0 aliphatic carbocycles. The molecule has 1 aliphatic heterocycles. The van der Waals surface area contributed by atoms with Crippen LogP contribution in [-0.4, -0.2) is 44.2 Å². The number of hydrogen-bond donors (Lipinski definition) is 2. The molecule has 20 heavy (non-hydrogen) atoms. The van der Waals surface area contributed by atoms with E-state index >= 15 is 0 Å². The van der Waals surface area contributed by atoms with Crippen LogP contribution in [-0.2, 0) is 16.0 Å². The van der Waals surface area contributed by atoms with Crippen molar-refractivity contribution in [2.24, 2.45) is 5.92 Å². The van der Waals surface area contributed by atoms with Gasteiger partial charge in [-0.1, -0.05) is 29.3 Å². The minimum atomic E-state index is -0.505. The average molecular weight is 320 g/mol. The molecule has 3 atom stereocenters. The van der Waals surface area contributed by atoms with E-state index in [2.05, 4.69) is 5.32 Å². The predicted molar refractivity (Wildman–Crippen MR) is 79.3 cm³/mol. The molecule has 0 saturated carbocycles. The Bertz CT molecular complexity index is 444. The fourth-order valence-electron chi connectivity index (χ4n) is 2.27. The molecule has 6 heteroatoms. The van der Waals surface area contributed by atoms with Crippen LogP contribution in [0.3, 0.4) is 0 Å². The molecule has 1 heterocycles. The van der Waals surface area contributed by atoms with Gasteiger partial charge in [0.15, 0.2) is 0 Å². The van der Waals surface area contributed by atoms with Gasteiger partial charge in [-0.15, -0.1) is 0 Å². The van der Waals surface area contributed by atoms with Gasteiger partial charge in [0.25, 0.3) is 0 Å². The Morgan fingerprint density at radius 2 is 2.15 bits per heavy atom. The van der Waals surface area contributed by atoms with E-state index in [0.29, 0.717) is 36.3 Å². The van der Waals surface area contributed by atoms with Crippen molar-refractivity contribution < 1.29 is 14.6 Å². The van der Waals surface area contributed by atoms with Crippen molar-refractivity contribution in [3.8, 4) is 0 Å². The normalized spacial score (nSPS) is 26.7. The van der Waals surface area contributed by atoms with Gasteiger partial charge in [-0.3, -0.25) is 0 Å². The standard InChI is InChI=1S/C14H19Cl2NO3/c1-19-13-8-20-7-10(14(13)18)6-17-5-9-2-3-11(15)12(16)4-9/h2-4,10,13-14,17-18H,5-8H2,1H3/t10-,13-,14+/m1/s1. The number of nitrogens with one attached hydrogen (secondary N) is 1. The molecule has 4 nitrogen and oxygen atoms in total. The Kier molecular flexibility index (Phi) is 6.08. The number of halogens is 2. The first kappa shape index (κ1) is 16.0. The van der Waals surface area contributed by atoms with Crippen molar-refractivity contribution in [1.82, 2.24) is 5.32 Å². The zero-order valence-electron chi connectivity index (χ0n) is 11.3. The average Bonchev–Trinajstić information content (AvgIpc) is 2.44. The van der Waals surface area contributed by atoms with E-state index in [4.69, 9.17) is 32.7 Å². The SMILES string of the molecule is CO[C@@H]1COC[C@@H](CNCc2ccc(Cl)c(Cl)c2)[C@@H]1O. The number of ether oxygens (including phenoxy) is 2. The van der Waals surface area contributed by atoms with Gasteiger partial charge in [0.2, 0.25) is 0 Å². The molecule has 112 valence electrons. The van der Waals surface area contributed by atoms with E-state index in [-0.39, 0.29) is 12.0 Å². The number of hydrogen-bond acceptors (Lipinski definition) is 4. The van der Waals surface area contributed by atoms with Gasteiger partial charge in [0.1, 0.15) is 6.10 Å². The van der Waals surface area contributed by atoms with Crippen molar-refractivity contribution in [2.75, 3.05) is 26.9 Å². The van der Waals surface area contributed by atoms with Crippen LogP contribution in [0.25, 0.3) is 0 Å². The maximum Gasteiger partial charge on any atom is 0.107 e. The molecule has 0 radical (unpaired) electrons. The Balaban J connectivity index is 1.81. The Morgan fingerprint density at radius 1 is 1.35 bits per heavy atom. The molecule has 0 unspecified atom stereocenters. The summed E-state index contributed by atoms with van der Waals surface area (Å²) in [5.41, 5.74) is 1.05. The first-order chi connectivity index (χ1) is 9.61. The zero-order valence-corrected chi connectivity index (χ0v) is 12.8. The maximum absolute atomic E-state index is 10.1. The van der Waals surface area contributed by atoms with E-state index < -0.39 is 6.10 Å². The van der Waals surface area contributed by atoms with Gasteiger partial charge in [-0.25, -0.2) is 0 Å². The lowest BCUT2D eigenvalue weighted by atomic mass is 9.96. The number of aliphatic hydroxyl groups is 1. The highest BCUT2D eigenvalue weighted by Crippen LogP contribution is 2.22. The molecule has 0 aromatic heterocycles. The minimum Gasteiger partial charge on any atom is -0.390 e. The first-order valence-electron chi connectivity index (χ1n) is 6.55. The van der Waals surface area contributed by atoms with E-state index in [1.54, 1.807) is 13.2 Å². The third-order valence-electron chi connectivity index (χ3n) is 3.50. The quantitative estimate of drug-likeness (QED) is 0.872. The van der Waals surface area contributed by atoms with Crippen molar-refractivity contribution in [3.05, 3.63) is 33.8 Å². The topological polar surface area (TPSA) is 50.7 Å². The van der Waals surface area contributed by atoms with Gasteiger partial charge in [0, 0.05) is 26.1 Å². The summed E-state index contributed by atoms with van der Waals surface area (Å²) in [7, 11) is 1.59. The van der Waals surface area contributed by atoms with Crippen LogP contribution >= 0.6 is 23.2 Å². The molecule has 1 aliphatic rings. The molecular weight excluding hydrogens is 301 g/mol. The molecule has 2 rings (SSSR count). The molecule has 1 saturated heterocycles. The Hall–Kier alpha value is -0.360. The number of methoxy groups -OCH3 is 1. The fraction of sp³-hybridized carbons (Fsp3) is 0.571. The molecule has 1 aromatic carbocycles. The van der Waals surface area contributed by atoms with E-state index in [1.165, 1.54) is 0 Å². The summed E-state index contributed by atoms with van der Waals surface area (Å²) in [5.74, 6) is 0.0245. The molecule has 0 bridgehead atoms. The summed E-state index contributed by atoms with van der Waals surface area (Å²) in [6.07, 6.45) is -0.754. The Morgan fingerprint density at radius 3 is 2.85 bits per heavy atom.